The van der Waals surface area contributed by atoms with Crippen LogP contribution in [0.2, 0.25) is 0 Å². The molecular formula is C12H24O. The Labute approximate surface area is 82.5 Å². The van der Waals surface area contributed by atoms with Gasteiger partial charge in [0.25, 0.3) is 0 Å². The molecule has 0 bridgehead atoms. The summed E-state index contributed by atoms with van der Waals surface area (Å²) in [6, 6.07) is 0. The molecule has 13 heavy (non-hydrogen) atoms. The molecule has 1 heteroatoms. The number of rotatable bonds is 3. The summed E-state index contributed by atoms with van der Waals surface area (Å²) in [5, 5.41) is 9.74. The van der Waals surface area contributed by atoms with Gasteiger partial charge in [-0.05, 0) is 37.0 Å². The van der Waals surface area contributed by atoms with E-state index in [2.05, 4.69) is 20.8 Å². The van der Waals surface area contributed by atoms with E-state index in [-0.39, 0.29) is 6.10 Å². The molecule has 1 N–H and O–H groups in total. The molecule has 1 rings (SSSR count). The highest BCUT2D eigenvalue weighted by atomic mass is 16.3. The predicted molar refractivity (Wildman–Crippen MR) is 56.6 cm³/mol. The average Bonchev–Trinajstić information content (AvgIpc) is 2.17. The van der Waals surface area contributed by atoms with Crippen LogP contribution in [0.3, 0.4) is 0 Å². The summed E-state index contributed by atoms with van der Waals surface area (Å²) >= 11 is 0. The van der Waals surface area contributed by atoms with Crippen molar-refractivity contribution < 1.29 is 5.11 Å². The lowest BCUT2D eigenvalue weighted by atomic mass is 9.73. The van der Waals surface area contributed by atoms with Crippen molar-refractivity contribution in [2.24, 2.45) is 17.8 Å². The van der Waals surface area contributed by atoms with Gasteiger partial charge in [-0.1, -0.05) is 33.6 Å². The summed E-state index contributed by atoms with van der Waals surface area (Å²) in [7, 11) is 0. The standard InChI is InChI=1S/C12H24O/c1-4-9(3)11-6-7-12(13)10(5-2)8-11/h9-13H,4-8H2,1-3H3. The van der Waals surface area contributed by atoms with Gasteiger partial charge in [-0.3, -0.25) is 0 Å². The first kappa shape index (κ1) is 11.0. The minimum absolute atomic E-state index is 0.00898. The lowest BCUT2D eigenvalue weighted by molar-refractivity contribution is 0.0335. The summed E-state index contributed by atoms with van der Waals surface area (Å²) in [5.74, 6) is 2.30. The van der Waals surface area contributed by atoms with Gasteiger partial charge in [-0.15, -0.1) is 0 Å². The lowest BCUT2D eigenvalue weighted by Gasteiger charge is -2.35. The van der Waals surface area contributed by atoms with E-state index in [4.69, 9.17) is 0 Å². The molecule has 4 unspecified atom stereocenters. The summed E-state index contributed by atoms with van der Waals surface area (Å²) in [4.78, 5) is 0. The van der Waals surface area contributed by atoms with Crippen LogP contribution >= 0.6 is 0 Å². The van der Waals surface area contributed by atoms with Gasteiger partial charge in [0.2, 0.25) is 0 Å². The Morgan fingerprint density at radius 3 is 2.54 bits per heavy atom. The van der Waals surface area contributed by atoms with Crippen LogP contribution < -0.4 is 0 Å². The van der Waals surface area contributed by atoms with E-state index in [1.54, 1.807) is 0 Å². The maximum Gasteiger partial charge on any atom is 0.0568 e. The third kappa shape index (κ3) is 2.70. The Kier molecular flexibility index (Phi) is 4.24. The number of hydrogen-bond acceptors (Lipinski definition) is 1. The minimum Gasteiger partial charge on any atom is -0.393 e. The second kappa shape index (κ2) is 4.99. The summed E-state index contributed by atoms with van der Waals surface area (Å²) in [6.07, 6.45) is 5.96. The smallest absolute Gasteiger partial charge is 0.0568 e. The predicted octanol–water partition coefficient (Wildman–Crippen LogP) is 3.22. The van der Waals surface area contributed by atoms with Crippen LogP contribution in [-0.2, 0) is 0 Å². The number of hydrogen-bond donors (Lipinski definition) is 1. The van der Waals surface area contributed by atoms with E-state index in [1.165, 1.54) is 19.3 Å². The molecular weight excluding hydrogens is 160 g/mol. The van der Waals surface area contributed by atoms with Crippen molar-refractivity contribution in [2.45, 2.75) is 59.0 Å². The van der Waals surface area contributed by atoms with Gasteiger partial charge in [0.15, 0.2) is 0 Å². The normalized spacial score (nSPS) is 37.4. The molecule has 1 fully saturated rings. The average molecular weight is 184 g/mol. The fraction of sp³-hybridized carbons (Fsp3) is 1.00. The van der Waals surface area contributed by atoms with Gasteiger partial charge in [0.05, 0.1) is 6.10 Å². The molecule has 4 atom stereocenters. The van der Waals surface area contributed by atoms with Gasteiger partial charge in [-0.25, -0.2) is 0 Å². The highest BCUT2D eigenvalue weighted by molar-refractivity contribution is 4.81. The van der Waals surface area contributed by atoms with Crippen LogP contribution in [0, 0.1) is 17.8 Å². The third-order valence-corrected chi connectivity index (χ3v) is 3.96. The van der Waals surface area contributed by atoms with Crippen molar-refractivity contribution in [3.8, 4) is 0 Å². The van der Waals surface area contributed by atoms with Crippen molar-refractivity contribution >= 4 is 0 Å². The molecule has 0 amide bonds. The molecule has 0 saturated heterocycles. The van der Waals surface area contributed by atoms with Crippen molar-refractivity contribution in [3.05, 3.63) is 0 Å². The van der Waals surface area contributed by atoms with E-state index in [0.29, 0.717) is 5.92 Å². The molecule has 0 aromatic carbocycles. The van der Waals surface area contributed by atoms with E-state index in [9.17, 15) is 5.11 Å². The Hall–Kier alpha value is -0.0400. The Morgan fingerprint density at radius 1 is 1.31 bits per heavy atom. The van der Waals surface area contributed by atoms with Crippen LogP contribution in [0.1, 0.15) is 52.9 Å². The Balaban J connectivity index is 2.44. The Morgan fingerprint density at radius 2 is 2.00 bits per heavy atom. The monoisotopic (exact) mass is 184 g/mol. The molecule has 1 aliphatic rings. The van der Waals surface area contributed by atoms with Crippen molar-refractivity contribution in [3.63, 3.8) is 0 Å². The first-order valence-corrected chi connectivity index (χ1v) is 5.87. The largest absolute Gasteiger partial charge is 0.393 e. The minimum atomic E-state index is -0.00898. The molecule has 78 valence electrons. The van der Waals surface area contributed by atoms with Crippen LogP contribution in [0.15, 0.2) is 0 Å². The SMILES string of the molecule is CCC(C)C1CCC(O)C(CC)C1. The Bertz CT molecular complexity index is 144. The van der Waals surface area contributed by atoms with E-state index in [0.717, 1.165) is 24.7 Å². The fourth-order valence-electron chi connectivity index (χ4n) is 2.57. The topological polar surface area (TPSA) is 20.2 Å². The highest BCUT2D eigenvalue weighted by Crippen LogP contribution is 2.36. The van der Waals surface area contributed by atoms with Crippen molar-refractivity contribution in [1.29, 1.82) is 0 Å². The van der Waals surface area contributed by atoms with Crippen molar-refractivity contribution in [1.82, 2.24) is 0 Å². The molecule has 0 aromatic rings. The van der Waals surface area contributed by atoms with Gasteiger partial charge in [-0.2, -0.15) is 0 Å². The molecule has 0 heterocycles. The molecule has 1 saturated carbocycles. The van der Waals surface area contributed by atoms with Gasteiger partial charge >= 0.3 is 0 Å². The lowest BCUT2D eigenvalue weighted by Crippen LogP contribution is -2.31. The van der Waals surface area contributed by atoms with Crippen LogP contribution in [-0.4, -0.2) is 11.2 Å². The van der Waals surface area contributed by atoms with Crippen molar-refractivity contribution in [2.75, 3.05) is 0 Å². The maximum absolute atomic E-state index is 9.74. The van der Waals surface area contributed by atoms with Crippen LogP contribution in [0.25, 0.3) is 0 Å². The fourth-order valence-corrected chi connectivity index (χ4v) is 2.57. The van der Waals surface area contributed by atoms with E-state index in [1.807, 2.05) is 0 Å². The first-order chi connectivity index (χ1) is 6.19. The van der Waals surface area contributed by atoms with Gasteiger partial charge < -0.3 is 5.11 Å². The van der Waals surface area contributed by atoms with E-state index < -0.39 is 0 Å². The number of aliphatic hydroxyl groups excluding tert-OH is 1. The molecule has 0 aliphatic heterocycles. The third-order valence-electron chi connectivity index (χ3n) is 3.96. The van der Waals surface area contributed by atoms with Gasteiger partial charge in [0, 0.05) is 0 Å². The van der Waals surface area contributed by atoms with Crippen LogP contribution in [0.4, 0.5) is 0 Å². The zero-order valence-electron chi connectivity index (χ0n) is 9.29. The summed E-state index contributed by atoms with van der Waals surface area (Å²) < 4.78 is 0. The molecule has 0 aromatic heterocycles. The molecule has 1 aliphatic carbocycles. The molecule has 0 spiro atoms. The highest BCUT2D eigenvalue weighted by Gasteiger charge is 2.29. The number of aliphatic hydroxyl groups is 1. The second-order valence-corrected chi connectivity index (χ2v) is 4.69. The van der Waals surface area contributed by atoms with Crippen LogP contribution in [0.5, 0.6) is 0 Å². The quantitative estimate of drug-likeness (QED) is 0.714. The maximum atomic E-state index is 9.74. The van der Waals surface area contributed by atoms with Gasteiger partial charge in [0.1, 0.15) is 0 Å². The molecule has 1 nitrogen and oxygen atoms in total. The van der Waals surface area contributed by atoms with E-state index >= 15 is 0 Å². The zero-order chi connectivity index (χ0) is 9.84. The summed E-state index contributed by atoms with van der Waals surface area (Å²) in [5.41, 5.74) is 0. The molecule has 0 radical (unpaired) electrons. The first-order valence-electron chi connectivity index (χ1n) is 5.87. The summed E-state index contributed by atoms with van der Waals surface area (Å²) in [6.45, 7) is 6.83. The second-order valence-electron chi connectivity index (χ2n) is 4.69. The zero-order valence-corrected chi connectivity index (χ0v) is 9.29.